The first-order chi connectivity index (χ1) is 15.1. The summed E-state index contributed by atoms with van der Waals surface area (Å²) in [6.45, 7) is 0. The van der Waals surface area contributed by atoms with Crippen LogP contribution in [0.25, 0.3) is 11.0 Å². The van der Waals surface area contributed by atoms with E-state index >= 15 is 0 Å². The fourth-order valence-electron chi connectivity index (χ4n) is 3.11. The van der Waals surface area contributed by atoms with E-state index < -0.39 is 0 Å². The van der Waals surface area contributed by atoms with E-state index in [4.69, 9.17) is 26.3 Å². The molecule has 0 spiro atoms. The average Bonchev–Trinajstić information content (AvgIpc) is 2.79. The highest BCUT2D eigenvalue weighted by Gasteiger charge is 2.14. The lowest BCUT2D eigenvalue weighted by Gasteiger charge is -2.11. The number of nitrogens with one attached hydrogen (secondary N) is 1. The van der Waals surface area contributed by atoms with Crippen molar-refractivity contribution in [1.29, 1.82) is 0 Å². The van der Waals surface area contributed by atoms with E-state index in [0.717, 1.165) is 27.3 Å². The van der Waals surface area contributed by atoms with Gasteiger partial charge in [0.05, 0.1) is 35.3 Å². The number of anilines is 1. The predicted molar refractivity (Wildman–Crippen MR) is 126 cm³/mol. The zero-order valence-electron chi connectivity index (χ0n) is 16.8. The van der Waals surface area contributed by atoms with Gasteiger partial charge in [0.15, 0.2) is 0 Å². The summed E-state index contributed by atoms with van der Waals surface area (Å²) in [6, 6.07) is 22.7. The Morgan fingerprint density at radius 2 is 1.65 bits per heavy atom. The van der Waals surface area contributed by atoms with Crippen molar-refractivity contribution in [2.45, 2.75) is 11.4 Å². The van der Waals surface area contributed by atoms with E-state index in [1.165, 1.54) is 11.8 Å². The van der Waals surface area contributed by atoms with Crippen LogP contribution in [0.4, 0.5) is 5.69 Å². The van der Waals surface area contributed by atoms with E-state index in [1.807, 2.05) is 72.8 Å². The average molecular weight is 450 g/mol. The third-order valence-electron chi connectivity index (χ3n) is 4.61. The van der Waals surface area contributed by atoms with Gasteiger partial charge in [0.1, 0.15) is 10.8 Å². The maximum absolute atomic E-state index is 12.6. The Bertz CT molecular complexity index is 1220. The summed E-state index contributed by atoms with van der Waals surface area (Å²) in [5.74, 6) is 0.690. The third-order valence-corrected chi connectivity index (χ3v) is 5.87. The van der Waals surface area contributed by atoms with E-state index in [1.54, 1.807) is 7.11 Å². The van der Waals surface area contributed by atoms with Gasteiger partial charge in [-0.1, -0.05) is 59.8 Å². The lowest BCUT2D eigenvalue weighted by atomic mass is 10.1. The lowest BCUT2D eigenvalue weighted by Crippen LogP contribution is -2.15. The highest BCUT2D eigenvalue weighted by molar-refractivity contribution is 8.00. The molecule has 1 aromatic heterocycles. The van der Waals surface area contributed by atoms with Gasteiger partial charge in [-0.3, -0.25) is 4.79 Å². The molecular formula is C24H20ClN3O2S. The summed E-state index contributed by atoms with van der Waals surface area (Å²) in [4.78, 5) is 22.2. The number of halogens is 1. The van der Waals surface area contributed by atoms with Crippen LogP contribution in [0, 0.1) is 0 Å². The van der Waals surface area contributed by atoms with Crippen LogP contribution in [0.5, 0.6) is 5.75 Å². The minimum absolute atomic E-state index is 0.137. The van der Waals surface area contributed by atoms with Crippen LogP contribution >= 0.6 is 23.4 Å². The minimum Gasteiger partial charge on any atom is -0.495 e. The van der Waals surface area contributed by atoms with Crippen molar-refractivity contribution in [2.24, 2.45) is 0 Å². The third kappa shape index (κ3) is 5.34. The minimum atomic E-state index is -0.137. The van der Waals surface area contributed by atoms with Crippen LogP contribution in [0.1, 0.15) is 11.3 Å². The number of para-hydroxylation sites is 4. The van der Waals surface area contributed by atoms with Gasteiger partial charge in [-0.15, -0.1) is 0 Å². The van der Waals surface area contributed by atoms with Gasteiger partial charge >= 0.3 is 0 Å². The quantitative estimate of drug-likeness (QED) is 0.371. The van der Waals surface area contributed by atoms with Crippen LogP contribution in [0.15, 0.2) is 77.8 Å². The van der Waals surface area contributed by atoms with Gasteiger partial charge < -0.3 is 10.1 Å². The molecule has 5 nitrogen and oxygen atoms in total. The number of amides is 1. The molecule has 1 amide bonds. The molecule has 3 aromatic carbocycles. The number of fused-ring (bicyclic) bond motifs is 1. The molecule has 0 radical (unpaired) electrons. The summed E-state index contributed by atoms with van der Waals surface area (Å²) in [5.41, 5.74) is 4.18. The highest BCUT2D eigenvalue weighted by Crippen LogP contribution is 2.27. The number of hydrogen-bond donors (Lipinski definition) is 1. The summed E-state index contributed by atoms with van der Waals surface area (Å²) in [7, 11) is 1.58. The maximum atomic E-state index is 12.6. The van der Waals surface area contributed by atoms with Crippen molar-refractivity contribution in [3.8, 4) is 5.75 Å². The van der Waals surface area contributed by atoms with E-state index in [2.05, 4.69) is 5.32 Å². The molecule has 0 saturated carbocycles. The SMILES string of the molecule is COc1ccccc1NC(=O)CSc1nc2ccccc2nc1Cc1ccc(Cl)cc1. The standard InChI is InChI=1S/C24H20ClN3O2S/c1-30-22-9-5-4-8-20(22)27-23(29)15-31-24-21(14-16-10-12-17(25)13-11-16)26-18-6-2-3-7-19(18)28-24/h2-13H,14-15H2,1H3,(H,27,29). The van der Waals surface area contributed by atoms with E-state index in [0.29, 0.717) is 22.9 Å². The second-order valence-electron chi connectivity index (χ2n) is 6.80. The number of benzene rings is 3. The molecular weight excluding hydrogens is 430 g/mol. The monoisotopic (exact) mass is 449 g/mol. The van der Waals surface area contributed by atoms with Crippen molar-refractivity contribution in [3.05, 3.63) is 89.1 Å². The molecule has 156 valence electrons. The zero-order valence-corrected chi connectivity index (χ0v) is 18.4. The Kier molecular flexibility index (Phi) is 6.70. The van der Waals surface area contributed by atoms with Crippen molar-refractivity contribution in [2.75, 3.05) is 18.2 Å². The fourth-order valence-corrected chi connectivity index (χ4v) is 4.03. The van der Waals surface area contributed by atoms with Crippen LogP contribution in [-0.4, -0.2) is 28.7 Å². The molecule has 4 aromatic rings. The number of rotatable bonds is 7. The van der Waals surface area contributed by atoms with Crippen molar-refractivity contribution >= 4 is 46.0 Å². The molecule has 0 aliphatic rings. The Morgan fingerprint density at radius 1 is 0.968 bits per heavy atom. The summed E-state index contributed by atoms with van der Waals surface area (Å²) >= 11 is 7.38. The summed E-state index contributed by atoms with van der Waals surface area (Å²) in [5, 5.41) is 4.33. The van der Waals surface area contributed by atoms with Gasteiger partial charge in [-0.2, -0.15) is 0 Å². The van der Waals surface area contributed by atoms with Crippen LogP contribution in [-0.2, 0) is 11.2 Å². The summed E-state index contributed by atoms with van der Waals surface area (Å²) < 4.78 is 5.30. The van der Waals surface area contributed by atoms with Crippen LogP contribution in [0.3, 0.4) is 0 Å². The van der Waals surface area contributed by atoms with Gasteiger partial charge in [0.25, 0.3) is 0 Å². The van der Waals surface area contributed by atoms with Gasteiger partial charge in [0.2, 0.25) is 5.91 Å². The largest absolute Gasteiger partial charge is 0.495 e. The zero-order chi connectivity index (χ0) is 21.6. The molecule has 7 heteroatoms. The number of ether oxygens (including phenoxy) is 1. The summed E-state index contributed by atoms with van der Waals surface area (Å²) in [6.07, 6.45) is 0.603. The van der Waals surface area contributed by atoms with Crippen molar-refractivity contribution in [3.63, 3.8) is 0 Å². The number of thioether (sulfide) groups is 1. The number of carbonyl (C=O) groups excluding carboxylic acids is 1. The molecule has 1 heterocycles. The normalized spacial score (nSPS) is 10.8. The van der Waals surface area contributed by atoms with Crippen LogP contribution in [0.2, 0.25) is 5.02 Å². The second-order valence-corrected chi connectivity index (χ2v) is 8.21. The maximum Gasteiger partial charge on any atom is 0.234 e. The van der Waals surface area contributed by atoms with Gasteiger partial charge in [-0.25, -0.2) is 9.97 Å². The molecule has 1 N–H and O–H groups in total. The molecule has 4 rings (SSSR count). The Balaban J connectivity index is 1.55. The van der Waals surface area contributed by atoms with Crippen molar-refractivity contribution < 1.29 is 9.53 Å². The Labute approximate surface area is 189 Å². The molecule has 0 atom stereocenters. The Morgan fingerprint density at radius 3 is 2.39 bits per heavy atom. The first-order valence-corrected chi connectivity index (χ1v) is 11.0. The number of carbonyl (C=O) groups is 1. The van der Waals surface area contributed by atoms with Gasteiger partial charge in [-0.05, 0) is 42.0 Å². The molecule has 0 aliphatic carbocycles. The first kappa shape index (κ1) is 21.2. The smallest absolute Gasteiger partial charge is 0.234 e. The molecule has 0 saturated heterocycles. The molecule has 0 fully saturated rings. The second kappa shape index (κ2) is 9.81. The lowest BCUT2D eigenvalue weighted by molar-refractivity contribution is -0.113. The van der Waals surface area contributed by atoms with Crippen molar-refractivity contribution in [1.82, 2.24) is 9.97 Å². The fraction of sp³-hybridized carbons (Fsp3) is 0.125. The molecule has 0 unspecified atom stereocenters. The molecule has 0 aliphatic heterocycles. The first-order valence-electron chi connectivity index (χ1n) is 9.68. The molecule has 0 bridgehead atoms. The predicted octanol–water partition coefficient (Wildman–Crippen LogP) is 5.61. The van der Waals surface area contributed by atoms with E-state index in [9.17, 15) is 4.79 Å². The highest BCUT2D eigenvalue weighted by atomic mass is 35.5. The van der Waals surface area contributed by atoms with Crippen LogP contribution < -0.4 is 10.1 Å². The molecule has 31 heavy (non-hydrogen) atoms. The van der Waals surface area contributed by atoms with Gasteiger partial charge in [0, 0.05) is 11.4 Å². The number of methoxy groups -OCH3 is 1. The van der Waals surface area contributed by atoms with E-state index in [-0.39, 0.29) is 11.7 Å². The number of nitrogens with zero attached hydrogens (tertiary/aromatic N) is 2. The topological polar surface area (TPSA) is 64.1 Å². The number of aromatic nitrogens is 2. The Hall–Kier alpha value is -3.09. The number of hydrogen-bond acceptors (Lipinski definition) is 5.